The fourth-order valence-corrected chi connectivity index (χ4v) is 5.28. The van der Waals surface area contributed by atoms with Crippen molar-refractivity contribution in [1.82, 2.24) is 0 Å². The molecular formula is C16H28O. The molecule has 3 fully saturated rings. The van der Waals surface area contributed by atoms with E-state index in [2.05, 4.69) is 20.8 Å². The molecule has 3 aliphatic rings. The van der Waals surface area contributed by atoms with Gasteiger partial charge in [-0.25, -0.2) is 0 Å². The molecule has 1 nitrogen and oxygen atoms in total. The van der Waals surface area contributed by atoms with E-state index < -0.39 is 0 Å². The van der Waals surface area contributed by atoms with Gasteiger partial charge in [-0.15, -0.1) is 0 Å². The van der Waals surface area contributed by atoms with Gasteiger partial charge in [0.15, 0.2) is 0 Å². The molecule has 0 aromatic heterocycles. The fourth-order valence-electron chi connectivity index (χ4n) is 5.28. The van der Waals surface area contributed by atoms with Gasteiger partial charge in [-0.1, -0.05) is 20.8 Å². The van der Waals surface area contributed by atoms with Crippen LogP contribution in [-0.4, -0.2) is 11.2 Å². The Morgan fingerprint density at radius 1 is 0.941 bits per heavy atom. The molecule has 0 amide bonds. The highest BCUT2D eigenvalue weighted by atomic mass is 16.3. The van der Waals surface area contributed by atoms with Gasteiger partial charge in [0.2, 0.25) is 0 Å². The lowest BCUT2D eigenvalue weighted by atomic mass is 9.62. The van der Waals surface area contributed by atoms with Gasteiger partial charge in [0.25, 0.3) is 0 Å². The first-order chi connectivity index (χ1) is 8.00. The third kappa shape index (κ3) is 1.77. The average molecular weight is 236 g/mol. The van der Waals surface area contributed by atoms with Crippen molar-refractivity contribution in [2.45, 2.75) is 65.4 Å². The minimum Gasteiger partial charge on any atom is -0.393 e. The number of hydrogen-bond donors (Lipinski definition) is 1. The normalized spacial score (nSPS) is 52.9. The Kier molecular flexibility index (Phi) is 2.81. The van der Waals surface area contributed by atoms with Crippen LogP contribution in [0, 0.1) is 35.0 Å². The third-order valence-corrected chi connectivity index (χ3v) is 6.88. The lowest BCUT2D eigenvalue weighted by molar-refractivity contribution is 0.0336. The number of hydrogen-bond acceptors (Lipinski definition) is 1. The molecule has 98 valence electrons. The molecule has 3 rings (SSSR count). The Morgan fingerprint density at radius 2 is 1.53 bits per heavy atom. The maximum atomic E-state index is 9.64. The van der Waals surface area contributed by atoms with E-state index in [1.54, 1.807) is 0 Å². The zero-order valence-corrected chi connectivity index (χ0v) is 11.7. The van der Waals surface area contributed by atoms with Crippen LogP contribution in [0.2, 0.25) is 0 Å². The van der Waals surface area contributed by atoms with Gasteiger partial charge in [0, 0.05) is 0 Å². The SMILES string of the molecule is C[C@H]1[C@@H]2C[C@H](C[C@@H]2C2CCC(O)CC2)C1(C)C. The monoisotopic (exact) mass is 236 g/mol. The lowest BCUT2D eigenvalue weighted by Gasteiger charge is -2.44. The van der Waals surface area contributed by atoms with Crippen molar-refractivity contribution in [2.75, 3.05) is 0 Å². The van der Waals surface area contributed by atoms with Gasteiger partial charge < -0.3 is 5.11 Å². The second-order valence-corrected chi connectivity index (χ2v) is 7.67. The quantitative estimate of drug-likeness (QED) is 0.733. The summed E-state index contributed by atoms with van der Waals surface area (Å²) in [5, 5.41) is 9.64. The minimum atomic E-state index is 0.0127. The second-order valence-electron chi connectivity index (χ2n) is 7.67. The van der Waals surface area contributed by atoms with Crippen LogP contribution in [0.3, 0.4) is 0 Å². The molecule has 2 bridgehead atoms. The van der Waals surface area contributed by atoms with Crippen LogP contribution in [0.25, 0.3) is 0 Å². The maximum absolute atomic E-state index is 9.64. The van der Waals surface area contributed by atoms with Crippen LogP contribution >= 0.6 is 0 Å². The molecule has 0 radical (unpaired) electrons. The zero-order chi connectivity index (χ0) is 12.2. The maximum Gasteiger partial charge on any atom is 0.0540 e. The summed E-state index contributed by atoms with van der Waals surface area (Å²) in [5.41, 5.74) is 0.593. The summed E-state index contributed by atoms with van der Waals surface area (Å²) >= 11 is 0. The number of fused-ring (bicyclic) bond motifs is 2. The Balaban J connectivity index is 1.68. The summed E-state index contributed by atoms with van der Waals surface area (Å²) in [6.45, 7) is 7.47. The van der Waals surface area contributed by atoms with Crippen LogP contribution in [0.5, 0.6) is 0 Å². The highest BCUT2D eigenvalue weighted by molar-refractivity contribution is 5.05. The Bertz CT molecular complexity index is 284. The van der Waals surface area contributed by atoms with Crippen LogP contribution in [-0.2, 0) is 0 Å². The average Bonchev–Trinajstić information content (AvgIpc) is 2.81. The van der Waals surface area contributed by atoms with E-state index in [0.717, 1.165) is 42.4 Å². The molecule has 0 heterocycles. The summed E-state index contributed by atoms with van der Waals surface area (Å²) in [4.78, 5) is 0. The van der Waals surface area contributed by atoms with E-state index in [1.807, 2.05) is 0 Å². The molecule has 1 N–H and O–H groups in total. The first-order valence-corrected chi connectivity index (χ1v) is 7.68. The van der Waals surface area contributed by atoms with E-state index in [4.69, 9.17) is 0 Å². The number of rotatable bonds is 1. The molecular weight excluding hydrogens is 208 g/mol. The molecule has 3 saturated carbocycles. The molecule has 0 aromatic carbocycles. The van der Waals surface area contributed by atoms with Gasteiger partial charge >= 0.3 is 0 Å². The van der Waals surface area contributed by atoms with E-state index in [1.165, 1.54) is 25.7 Å². The van der Waals surface area contributed by atoms with E-state index in [-0.39, 0.29) is 6.10 Å². The van der Waals surface area contributed by atoms with Crippen LogP contribution < -0.4 is 0 Å². The molecule has 0 aromatic rings. The molecule has 4 atom stereocenters. The van der Waals surface area contributed by atoms with Gasteiger partial charge in [-0.3, -0.25) is 0 Å². The summed E-state index contributed by atoms with van der Waals surface area (Å²) in [7, 11) is 0. The first kappa shape index (κ1) is 12.0. The minimum absolute atomic E-state index is 0.0127. The Morgan fingerprint density at radius 3 is 2.06 bits per heavy atom. The van der Waals surface area contributed by atoms with Gasteiger partial charge in [0.05, 0.1) is 6.10 Å². The van der Waals surface area contributed by atoms with Crippen LogP contribution in [0.4, 0.5) is 0 Å². The molecule has 0 spiro atoms. The van der Waals surface area contributed by atoms with Crippen molar-refractivity contribution >= 4 is 0 Å². The number of aliphatic hydroxyl groups excluding tert-OH is 1. The second kappa shape index (κ2) is 3.98. The summed E-state index contributed by atoms with van der Waals surface area (Å²) in [5.74, 6) is 4.83. The van der Waals surface area contributed by atoms with Gasteiger partial charge in [-0.2, -0.15) is 0 Å². The number of aliphatic hydroxyl groups is 1. The Hall–Kier alpha value is -0.0400. The van der Waals surface area contributed by atoms with Crippen molar-refractivity contribution in [3.63, 3.8) is 0 Å². The molecule has 1 heteroatoms. The summed E-state index contributed by atoms with van der Waals surface area (Å²) in [6.07, 6.45) is 7.72. The van der Waals surface area contributed by atoms with Crippen LogP contribution in [0.1, 0.15) is 59.3 Å². The Labute approximate surface area is 106 Å². The summed E-state index contributed by atoms with van der Waals surface area (Å²) in [6, 6.07) is 0. The van der Waals surface area contributed by atoms with Gasteiger partial charge in [0.1, 0.15) is 0 Å². The summed E-state index contributed by atoms with van der Waals surface area (Å²) < 4.78 is 0. The van der Waals surface area contributed by atoms with Crippen molar-refractivity contribution in [1.29, 1.82) is 0 Å². The molecule has 0 unspecified atom stereocenters. The van der Waals surface area contributed by atoms with Crippen molar-refractivity contribution in [3.8, 4) is 0 Å². The highest BCUT2D eigenvalue weighted by Gasteiger charge is 2.56. The molecule has 17 heavy (non-hydrogen) atoms. The first-order valence-electron chi connectivity index (χ1n) is 7.68. The van der Waals surface area contributed by atoms with E-state index in [9.17, 15) is 5.11 Å². The lowest BCUT2D eigenvalue weighted by Crippen LogP contribution is -2.37. The predicted octanol–water partition coefficient (Wildman–Crippen LogP) is 3.86. The predicted molar refractivity (Wildman–Crippen MR) is 70.6 cm³/mol. The van der Waals surface area contributed by atoms with Crippen molar-refractivity contribution < 1.29 is 5.11 Å². The van der Waals surface area contributed by atoms with Crippen LogP contribution in [0.15, 0.2) is 0 Å². The van der Waals surface area contributed by atoms with E-state index >= 15 is 0 Å². The molecule has 0 aliphatic heterocycles. The third-order valence-electron chi connectivity index (χ3n) is 6.88. The van der Waals surface area contributed by atoms with E-state index in [0.29, 0.717) is 5.41 Å². The fraction of sp³-hybridized carbons (Fsp3) is 1.00. The highest BCUT2D eigenvalue weighted by Crippen LogP contribution is 2.63. The zero-order valence-electron chi connectivity index (χ0n) is 11.7. The topological polar surface area (TPSA) is 20.2 Å². The molecule has 0 saturated heterocycles. The smallest absolute Gasteiger partial charge is 0.0540 e. The van der Waals surface area contributed by atoms with Gasteiger partial charge in [-0.05, 0) is 73.5 Å². The molecule has 3 aliphatic carbocycles. The largest absolute Gasteiger partial charge is 0.393 e. The van der Waals surface area contributed by atoms with Crippen molar-refractivity contribution in [3.05, 3.63) is 0 Å². The van der Waals surface area contributed by atoms with Crippen molar-refractivity contribution in [2.24, 2.45) is 35.0 Å². The standard InChI is InChI=1S/C16H28O/c1-10-14-8-12(16(10,2)3)9-15(14)11-4-6-13(17)7-5-11/h10-15,17H,4-9H2,1-3H3/t10-,11?,12+,13?,14-,15+/m0/s1.